The predicted molar refractivity (Wildman–Crippen MR) is 173 cm³/mol. The van der Waals surface area contributed by atoms with Crippen LogP contribution in [0.5, 0.6) is 0 Å². The molecule has 12 heteroatoms. The molecule has 2 bridgehead atoms. The molecule has 4 heterocycles. The van der Waals surface area contributed by atoms with Gasteiger partial charge in [0.05, 0.1) is 24.4 Å². The largest absolute Gasteiger partial charge is 0.450 e. The summed E-state index contributed by atoms with van der Waals surface area (Å²) in [5.74, 6) is -0.965. The second-order valence-corrected chi connectivity index (χ2v) is 12.6. The summed E-state index contributed by atoms with van der Waals surface area (Å²) in [6, 6.07) is 14.8. The van der Waals surface area contributed by atoms with Gasteiger partial charge in [-0.1, -0.05) is 23.7 Å². The number of carbonyl (C=O) groups is 3. The Kier molecular flexibility index (Phi) is 9.30. The molecular weight excluding hydrogens is 613 g/mol. The number of benzene rings is 2. The van der Waals surface area contributed by atoms with Crippen molar-refractivity contribution >= 4 is 40.9 Å². The number of nitrogens with one attached hydrogen (secondary N) is 2. The lowest BCUT2D eigenvalue weighted by Crippen LogP contribution is -2.47. The molecule has 3 amide bonds. The van der Waals surface area contributed by atoms with E-state index in [1.807, 2.05) is 16.7 Å². The fourth-order valence-corrected chi connectivity index (χ4v) is 7.12. The molecule has 2 unspecified atom stereocenters. The van der Waals surface area contributed by atoms with Crippen LogP contribution in [0.4, 0.5) is 20.6 Å². The number of piperidine rings is 2. The van der Waals surface area contributed by atoms with Gasteiger partial charge in [0.15, 0.2) is 0 Å². The molecule has 2 N–H and O–H groups in total. The number of fused-ring (bicyclic) bond motifs is 4. The van der Waals surface area contributed by atoms with Crippen molar-refractivity contribution in [3.63, 3.8) is 0 Å². The summed E-state index contributed by atoms with van der Waals surface area (Å²) in [4.78, 5) is 55.2. The van der Waals surface area contributed by atoms with Gasteiger partial charge in [-0.3, -0.25) is 14.4 Å². The maximum Gasteiger partial charge on any atom is 0.409 e. The van der Waals surface area contributed by atoms with Gasteiger partial charge in [-0.05, 0) is 68.5 Å². The number of pyridine rings is 1. The highest BCUT2D eigenvalue weighted by Gasteiger charge is 2.35. The number of amides is 3. The molecule has 2 saturated heterocycles. The van der Waals surface area contributed by atoms with Gasteiger partial charge >= 0.3 is 6.09 Å². The number of halogens is 2. The van der Waals surface area contributed by atoms with E-state index in [0.717, 1.165) is 17.8 Å². The molecule has 3 aromatic rings. The predicted octanol–water partition coefficient (Wildman–Crippen LogP) is 4.80. The Morgan fingerprint density at radius 3 is 2.57 bits per heavy atom. The Bertz CT molecular complexity index is 1690. The highest BCUT2D eigenvalue weighted by molar-refractivity contribution is 6.31. The van der Waals surface area contributed by atoms with Crippen LogP contribution in [0.15, 0.2) is 59.4 Å². The molecule has 2 fully saturated rings. The molecule has 0 spiro atoms. The summed E-state index contributed by atoms with van der Waals surface area (Å²) < 4.78 is 21.5. The third-order valence-corrected chi connectivity index (χ3v) is 9.46. The Balaban J connectivity index is 1.23. The maximum atomic E-state index is 14.5. The van der Waals surface area contributed by atoms with Crippen molar-refractivity contribution in [1.82, 2.24) is 14.8 Å². The number of anilines is 2. The molecule has 1 aromatic heterocycles. The van der Waals surface area contributed by atoms with Crippen LogP contribution in [0.2, 0.25) is 5.02 Å². The molecular formula is C34H37ClFN5O5. The molecule has 0 radical (unpaired) electrons. The summed E-state index contributed by atoms with van der Waals surface area (Å²) in [5, 5.41) is 6.16. The molecule has 242 valence electrons. The first-order valence-electron chi connectivity index (χ1n) is 15.7. The van der Waals surface area contributed by atoms with E-state index < -0.39 is 11.7 Å². The van der Waals surface area contributed by atoms with Crippen molar-refractivity contribution in [1.29, 1.82) is 0 Å². The summed E-state index contributed by atoms with van der Waals surface area (Å²) >= 11 is 6.20. The van der Waals surface area contributed by atoms with E-state index in [9.17, 15) is 23.6 Å². The van der Waals surface area contributed by atoms with Gasteiger partial charge in [0.25, 0.3) is 11.5 Å². The zero-order chi connectivity index (χ0) is 32.4. The first kappa shape index (κ1) is 31.6. The zero-order valence-electron chi connectivity index (χ0n) is 25.6. The number of rotatable bonds is 7. The van der Waals surface area contributed by atoms with Crippen LogP contribution in [0.1, 0.15) is 53.7 Å². The van der Waals surface area contributed by atoms with E-state index in [-0.39, 0.29) is 52.4 Å². The van der Waals surface area contributed by atoms with Gasteiger partial charge in [-0.2, -0.15) is 0 Å². The van der Waals surface area contributed by atoms with Crippen molar-refractivity contribution in [3.8, 4) is 0 Å². The third-order valence-electron chi connectivity index (χ3n) is 9.11. The lowest BCUT2D eigenvalue weighted by atomic mass is 9.83. The van der Waals surface area contributed by atoms with Crippen molar-refractivity contribution < 1.29 is 23.5 Å². The van der Waals surface area contributed by atoms with Crippen molar-refractivity contribution in [3.05, 3.63) is 92.6 Å². The molecule has 3 aliphatic heterocycles. The Hall–Kier alpha value is -4.38. The quantitative estimate of drug-likeness (QED) is 0.381. The lowest BCUT2D eigenvalue weighted by molar-refractivity contribution is -0.115. The van der Waals surface area contributed by atoms with Crippen LogP contribution in [0, 0.1) is 11.7 Å². The molecule has 3 aliphatic rings. The van der Waals surface area contributed by atoms with Crippen LogP contribution in [-0.2, 0) is 22.5 Å². The molecule has 2 aromatic carbocycles. The molecule has 46 heavy (non-hydrogen) atoms. The molecule has 0 aliphatic carbocycles. The number of likely N-dealkylation sites (tertiary alicyclic amines) is 1. The van der Waals surface area contributed by atoms with E-state index in [4.69, 9.17) is 16.3 Å². The lowest BCUT2D eigenvalue weighted by Gasteiger charge is -2.44. The van der Waals surface area contributed by atoms with Gasteiger partial charge < -0.3 is 29.7 Å². The first-order valence-corrected chi connectivity index (χ1v) is 16.1. The average Bonchev–Trinajstić information content (AvgIpc) is 3.04. The number of hydrogen-bond donors (Lipinski definition) is 2. The summed E-state index contributed by atoms with van der Waals surface area (Å²) in [7, 11) is 0. The summed E-state index contributed by atoms with van der Waals surface area (Å²) in [5.41, 5.74) is 2.65. The topological polar surface area (TPSA) is 113 Å². The number of carbonyl (C=O) groups excluding carboxylic acids is 3. The van der Waals surface area contributed by atoms with Gasteiger partial charge in [0, 0.05) is 72.6 Å². The normalized spacial score (nSPS) is 19.3. The third kappa shape index (κ3) is 6.74. The standard InChI is InChI=1S/C34H37ClFN5O5/c1-2-46-34(45)39-13-11-24(12-14-39)37-33(44)22-9-10-30(28(16-22)38-31(42)17-25-26(35)5-3-6-27(25)36)40-18-21-15-23(20-40)29-7-4-8-32(43)41(29)19-21/h3-10,16,21,23-24H,2,11-15,17-20H2,1H3,(H,37,44)(H,38,42). The minimum Gasteiger partial charge on any atom is -0.450 e. The van der Waals surface area contributed by atoms with Gasteiger partial charge in [0.1, 0.15) is 5.82 Å². The number of aromatic nitrogens is 1. The monoisotopic (exact) mass is 649 g/mol. The Morgan fingerprint density at radius 1 is 1.02 bits per heavy atom. The smallest absolute Gasteiger partial charge is 0.409 e. The van der Waals surface area contributed by atoms with Crippen molar-refractivity contribution in [2.75, 3.05) is 43.0 Å². The summed E-state index contributed by atoms with van der Waals surface area (Å²) in [6.45, 7) is 4.95. The average molecular weight is 650 g/mol. The van der Waals surface area contributed by atoms with E-state index >= 15 is 0 Å². The second kappa shape index (κ2) is 13.5. The summed E-state index contributed by atoms with van der Waals surface area (Å²) in [6.07, 6.45) is 1.52. The molecule has 6 rings (SSSR count). The fraction of sp³-hybridized carbons (Fsp3) is 0.412. The van der Waals surface area contributed by atoms with Crippen LogP contribution < -0.4 is 21.1 Å². The maximum absolute atomic E-state index is 14.5. The van der Waals surface area contributed by atoms with E-state index in [2.05, 4.69) is 15.5 Å². The van der Waals surface area contributed by atoms with Crippen LogP contribution >= 0.6 is 11.6 Å². The molecule has 2 atom stereocenters. The number of nitrogens with zero attached hydrogens (tertiary/aromatic N) is 3. The van der Waals surface area contributed by atoms with Crippen LogP contribution in [0.3, 0.4) is 0 Å². The highest BCUT2D eigenvalue weighted by atomic mass is 35.5. The SMILES string of the molecule is CCOC(=O)N1CCC(NC(=O)c2ccc(N3CC4CC(C3)c3cccc(=O)n3C4)c(NC(=O)Cc3c(F)cccc3Cl)c2)CC1. The van der Waals surface area contributed by atoms with E-state index in [1.165, 1.54) is 18.2 Å². The second-order valence-electron chi connectivity index (χ2n) is 12.2. The molecule has 10 nitrogen and oxygen atoms in total. The van der Waals surface area contributed by atoms with Gasteiger partial charge in [-0.25, -0.2) is 9.18 Å². The van der Waals surface area contributed by atoms with Gasteiger partial charge in [0.2, 0.25) is 5.91 Å². The zero-order valence-corrected chi connectivity index (χ0v) is 26.4. The number of ether oxygens (including phenoxy) is 1. The minimum absolute atomic E-state index is 0.00217. The Morgan fingerprint density at radius 2 is 1.80 bits per heavy atom. The molecule has 0 saturated carbocycles. The fourth-order valence-electron chi connectivity index (χ4n) is 6.89. The highest BCUT2D eigenvalue weighted by Crippen LogP contribution is 2.39. The van der Waals surface area contributed by atoms with Gasteiger partial charge in [-0.15, -0.1) is 0 Å². The van der Waals surface area contributed by atoms with Crippen LogP contribution in [0.25, 0.3) is 0 Å². The number of hydrogen-bond acceptors (Lipinski definition) is 6. The first-order chi connectivity index (χ1) is 22.2. The van der Waals surface area contributed by atoms with Crippen molar-refractivity contribution in [2.45, 2.75) is 51.1 Å². The minimum atomic E-state index is -0.567. The van der Waals surface area contributed by atoms with Crippen LogP contribution in [-0.4, -0.2) is 66.2 Å². The Labute approximate surface area is 271 Å². The van der Waals surface area contributed by atoms with E-state index in [0.29, 0.717) is 63.4 Å². The van der Waals surface area contributed by atoms with E-state index in [1.54, 1.807) is 36.1 Å². The van der Waals surface area contributed by atoms with Crippen molar-refractivity contribution in [2.24, 2.45) is 5.92 Å².